The van der Waals surface area contributed by atoms with E-state index in [9.17, 15) is 4.79 Å². The van der Waals surface area contributed by atoms with Crippen LogP contribution in [0.3, 0.4) is 0 Å². The summed E-state index contributed by atoms with van der Waals surface area (Å²) in [7, 11) is 1.64. The van der Waals surface area contributed by atoms with Gasteiger partial charge in [-0.1, -0.05) is 6.07 Å². The number of aromatic nitrogens is 3. The van der Waals surface area contributed by atoms with E-state index in [1.165, 1.54) is 0 Å². The second-order valence-electron chi connectivity index (χ2n) is 8.10. The summed E-state index contributed by atoms with van der Waals surface area (Å²) in [5, 5.41) is 7.16. The van der Waals surface area contributed by atoms with E-state index in [1.807, 2.05) is 60.5 Å². The fraction of sp³-hybridized carbons (Fsp3) is 0.292. The highest BCUT2D eigenvalue weighted by Crippen LogP contribution is 2.35. The van der Waals surface area contributed by atoms with Crippen LogP contribution in [0, 0.1) is 13.8 Å². The molecule has 1 aliphatic rings. The number of fused-ring (bicyclic) bond motifs is 1. The summed E-state index contributed by atoms with van der Waals surface area (Å²) in [6, 6.07) is 11.6. The summed E-state index contributed by atoms with van der Waals surface area (Å²) >= 11 is 1.57. The molecule has 1 aliphatic heterocycles. The van der Waals surface area contributed by atoms with Crippen molar-refractivity contribution in [1.29, 1.82) is 0 Å². The van der Waals surface area contributed by atoms with Gasteiger partial charge in [0.1, 0.15) is 11.4 Å². The maximum atomic E-state index is 13.5. The topological polar surface area (TPSA) is 83.1 Å². The first-order valence-corrected chi connectivity index (χ1v) is 11.5. The van der Waals surface area contributed by atoms with Crippen LogP contribution in [-0.4, -0.2) is 39.4 Å². The van der Waals surface area contributed by atoms with Gasteiger partial charge in [-0.05, 0) is 57.0 Å². The number of hydrogen-bond donors (Lipinski definition) is 2. The average Bonchev–Trinajstić information content (AvgIpc) is 3.51. The third kappa shape index (κ3) is 3.82. The molecule has 164 valence electrons. The molecule has 8 heteroatoms. The SMILES string of the molecule is COc1cccc2[nH]c(C(=O)N3CCCC3c3cc(Nc4nc(C)cs4)cc(C)n3)cc12. The van der Waals surface area contributed by atoms with Crippen molar-refractivity contribution in [3.63, 3.8) is 0 Å². The Morgan fingerprint density at radius 2 is 2.09 bits per heavy atom. The molecule has 0 aliphatic carbocycles. The van der Waals surface area contributed by atoms with Crippen molar-refractivity contribution in [3.8, 4) is 5.75 Å². The maximum absolute atomic E-state index is 13.5. The minimum atomic E-state index is -0.0608. The molecule has 3 aromatic heterocycles. The molecular formula is C24H25N5O2S. The van der Waals surface area contributed by atoms with E-state index in [0.717, 1.165) is 57.4 Å². The van der Waals surface area contributed by atoms with Gasteiger partial charge in [0.2, 0.25) is 0 Å². The first-order chi connectivity index (χ1) is 15.5. The van der Waals surface area contributed by atoms with Crippen LogP contribution in [-0.2, 0) is 0 Å². The summed E-state index contributed by atoms with van der Waals surface area (Å²) in [6.45, 7) is 4.67. The van der Waals surface area contributed by atoms with Crippen molar-refractivity contribution >= 4 is 39.0 Å². The predicted molar refractivity (Wildman–Crippen MR) is 127 cm³/mol. The third-order valence-corrected chi connectivity index (χ3v) is 6.65. The standard InChI is InChI=1S/C24H25N5O2S/c1-14-10-16(27-24-26-15(2)13-32-24)11-19(25-14)21-7-5-9-29(21)23(30)20-12-17-18(28-20)6-4-8-22(17)31-3/h4,6,8,10-13,21,28H,5,7,9H2,1-3H3,(H,25,26,27). The number of methoxy groups -OCH3 is 1. The Balaban J connectivity index is 1.44. The number of likely N-dealkylation sites (tertiary alicyclic amines) is 1. The lowest BCUT2D eigenvalue weighted by Gasteiger charge is -2.24. The molecule has 5 rings (SSSR count). The van der Waals surface area contributed by atoms with Crippen molar-refractivity contribution in [2.45, 2.75) is 32.7 Å². The number of aromatic amines is 1. The first-order valence-electron chi connectivity index (χ1n) is 10.7. The van der Waals surface area contributed by atoms with E-state index >= 15 is 0 Å². The molecule has 1 atom stereocenters. The van der Waals surface area contributed by atoms with Crippen LogP contribution in [0.25, 0.3) is 10.9 Å². The molecule has 0 radical (unpaired) electrons. The van der Waals surface area contributed by atoms with E-state index in [4.69, 9.17) is 9.72 Å². The fourth-order valence-corrected chi connectivity index (χ4v) is 5.07. The van der Waals surface area contributed by atoms with Crippen LogP contribution in [0.5, 0.6) is 5.75 Å². The molecule has 1 unspecified atom stereocenters. The molecule has 0 saturated carbocycles. The molecule has 4 aromatic rings. The first kappa shape index (κ1) is 20.5. The van der Waals surface area contributed by atoms with Gasteiger partial charge in [-0.15, -0.1) is 11.3 Å². The van der Waals surface area contributed by atoms with Crippen molar-refractivity contribution in [3.05, 3.63) is 64.6 Å². The zero-order chi connectivity index (χ0) is 22.2. The minimum Gasteiger partial charge on any atom is -0.496 e. The van der Waals surface area contributed by atoms with Crippen LogP contribution in [0.1, 0.15) is 46.5 Å². The van der Waals surface area contributed by atoms with Crippen LogP contribution in [0.15, 0.2) is 41.8 Å². The molecule has 1 amide bonds. The van der Waals surface area contributed by atoms with Crippen molar-refractivity contribution in [1.82, 2.24) is 19.9 Å². The Kier molecular flexibility index (Phi) is 5.30. The summed E-state index contributed by atoms with van der Waals surface area (Å²) in [5.41, 5.74) is 5.21. The lowest BCUT2D eigenvalue weighted by Crippen LogP contribution is -2.31. The molecule has 1 saturated heterocycles. The number of pyridine rings is 1. The summed E-state index contributed by atoms with van der Waals surface area (Å²) in [4.78, 5) is 27.9. The molecule has 0 bridgehead atoms. The number of carbonyl (C=O) groups is 1. The molecule has 4 heterocycles. The molecular weight excluding hydrogens is 422 g/mol. The number of carbonyl (C=O) groups excluding carboxylic acids is 1. The molecule has 2 N–H and O–H groups in total. The van der Waals surface area contributed by atoms with E-state index in [1.54, 1.807) is 18.4 Å². The lowest BCUT2D eigenvalue weighted by molar-refractivity contribution is 0.0728. The predicted octanol–water partition coefficient (Wildman–Crippen LogP) is 5.37. The number of rotatable bonds is 5. The molecule has 1 aromatic carbocycles. The number of nitrogens with zero attached hydrogens (tertiary/aromatic N) is 3. The number of nitrogens with one attached hydrogen (secondary N) is 2. The summed E-state index contributed by atoms with van der Waals surface area (Å²) in [5.74, 6) is 0.739. The quantitative estimate of drug-likeness (QED) is 0.430. The van der Waals surface area contributed by atoms with Gasteiger partial charge in [0, 0.05) is 34.2 Å². The van der Waals surface area contributed by atoms with E-state index in [-0.39, 0.29) is 11.9 Å². The largest absolute Gasteiger partial charge is 0.496 e. The number of H-pyrrole nitrogens is 1. The Bertz CT molecular complexity index is 1290. The van der Waals surface area contributed by atoms with Crippen LogP contribution in [0.4, 0.5) is 10.8 Å². The number of benzene rings is 1. The van der Waals surface area contributed by atoms with Gasteiger partial charge in [0.05, 0.1) is 24.5 Å². The molecule has 7 nitrogen and oxygen atoms in total. The number of anilines is 2. The van der Waals surface area contributed by atoms with Gasteiger partial charge in [0.15, 0.2) is 5.13 Å². The smallest absolute Gasteiger partial charge is 0.270 e. The van der Waals surface area contributed by atoms with Crippen LogP contribution in [0.2, 0.25) is 0 Å². The highest BCUT2D eigenvalue weighted by Gasteiger charge is 2.32. The zero-order valence-electron chi connectivity index (χ0n) is 18.3. The number of amides is 1. The van der Waals surface area contributed by atoms with Crippen molar-refractivity contribution in [2.75, 3.05) is 19.0 Å². The highest BCUT2D eigenvalue weighted by molar-refractivity contribution is 7.13. The lowest BCUT2D eigenvalue weighted by atomic mass is 10.1. The van der Waals surface area contributed by atoms with Gasteiger partial charge in [-0.2, -0.15) is 0 Å². The Hall–Kier alpha value is -3.39. The Labute approximate surface area is 190 Å². The average molecular weight is 448 g/mol. The third-order valence-electron chi connectivity index (χ3n) is 5.77. The Morgan fingerprint density at radius 3 is 2.88 bits per heavy atom. The van der Waals surface area contributed by atoms with Gasteiger partial charge >= 0.3 is 0 Å². The van der Waals surface area contributed by atoms with E-state index < -0.39 is 0 Å². The maximum Gasteiger partial charge on any atom is 0.270 e. The van der Waals surface area contributed by atoms with Gasteiger partial charge < -0.3 is 19.9 Å². The van der Waals surface area contributed by atoms with Gasteiger partial charge in [-0.25, -0.2) is 4.98 Å². The molecule has 0 spiro atoms. The zero-order valence-corrected chi connectivity index (χ0v) is 19.1. The second kappa shape index (κ2) is 8.27. The van der Waals surface area contributed by atoms with E-state index in [0.29, 0.717) is 12.2 Å². The van der Waals surface area contributed by atoms with Gasteiger partial charge in [0.25, 0.3) is 5.91 Å². The normalized spacial score (nSPS) is 16.0. The summed E-state index contributed by atoms with van der Waals surface area (Å²) < 4.78 is 5.45. The van der Waals surface area contributed by atoms with E-state index in [2.05, 4.69) is 15.3 Å². The second-order valence-corrected chi connectivity index (χ2v) is 8.96. The van der Waals surface area contributed by atoms with Crippen LogP contribution < -0.4 is 10.1 Å². The fourth-order valence-electron chi connectivity index (χ4n) is 4.36. The Morgan fingerprint density at radius 1 is 1.22 bits per heavy atom. The molecule has 1 fully saturated rings. The number of hydrogen-bond acceptors (Lipinski definition) is 6. The minimum absolute atomic E-state index is 0.0147. The number of thiazole rings is 1. The van der Waals surface area contributed by atoms with Crippen molar-refractivity contribution in [2.24, 2.45) is 0 Å². The van der Waals surface area contributed by atoms with Gasteiger partial charge in [-0.3, -0.25) is 9.78 Å². The number of aryl methyl sites for hydroxylation is 2. The highest BCUT2D eigenvalue weighted by atomic mass is 32.1. The van der Waals surface area contributed by atoms with Crippen molar-refractivity contribution < 1.29 is 9.53 Å². The summed E-state index contributed by atoms with van der Waals surface area (Å²) in [6.07, 6.45) is 1.84. The number of ether oxygens (including phenoxy) is 1. The van der Waals surface area contributed by atoms with Crippen LogP contribution >= 0.6 is 11.3 Å². The molecule has 32 heavy (non-hydrogen) atoms. The monoisotopic (exact) mass is 447 g/mol.